The first-order valence-corrected chi connectivity index (χ1v) is 15.9. The summed E-state index contributed by atoms with van der Waals surface area (Å²) in [5.74, 6) is 1.47. The summed E-state index contributed by atoms with van der Waals surface area (Å²) in [4.78, 5) is 52.8. The Kier molecular flexibility index (Phi) is 9.35. The first kappa shape index (κ1) is 29.6. The lowest BCUT2D eigenvalue weighted by Crippen LogP contribution is -2.53. The minimum absolute atomic E-state index is 0.0783. The Morgan fingerprint density at radius 3 is 2.05 bits per heavy atom. The number of rotatable bonds is 6. The summed E-state index contributed by atoms with van der Waals surface area (Å²) in [6, 6.07) is 6.68. The highest BCUT2D eigenvalue weighted by molar-refractivity contribution is 6.40. The zero-order valence-corrected chi connectivity index (χ0v) is 24.8. The topological polar surface area (TPSA) is 102 Å². The Balaban J connectivity index is 1.41. The number of ether oxygens (including phenoxy) is 2. The quantitative estimate of drug-likeness (QED) is 0.348. The average Bonchev–Trinajstić information content (AvgIpc) is 2.93. The van der Waals surface area contributed by atoms with Crippen LogP contribution in [0.2, 0.25) is 0 Å². The zero-order chi connectivity index (χ0) is 29.1. The van der Waals surface area contributed by atoms with E-state index in [4.69, 9.17) is 9.47 Å². The van der Waals surface area contributed by atoms with Crippen molar-refractivity contribution < 1.29 is 28.7 Å². The molecule has 4 bridgehead atoms. The summed E-state index contributed by atoms with van der Waals surface area (Å²) >= 11 is 0. The van der Waals surface area contributed by atoms with E-state index in [1.165, 1.54) is 38.5 Å². The fourth-order valence-corrected chi connectivity index (χ4v) is 9.21. The molecule has 4 saturated carbocycles. The Morgan fingerprint density at radius 2 is 1.41 bits per heavy atom. The Morgan fingerprint density at radius 1 is 0.805 bits per heavy atom. The highest BCUT2D eigenvalue weighted by Gasteiger charge is 2.49. The van der Waals surface area contributed by atoms with E-state index in [0.717, 1.165) is 49.4 Å². The van der Waals surface area contributed by atoms with Gasteiger partial charge in [0.15, 0.2) is 0 Å². The van der Waals surface area contributed by atoms with Crippen molar-refractivity contribution in [1.82, 2.24) is 0 Å². The number of carbonyl (C=O) groups is 4. The van der Waals surface area contributed by atoms with Crippen LogP contribution in [0.25, 0.3) is 0 Å². The van der Waals surface area contributed by atoms with Gasteiger partial charge in [-0.25, -0.2) is 9.59 Å². The molecule has 2 amide bonds. The molecule has 0 aromatic heterocycles. The van der Waals surface area contributed by atoms with E-state index < -0.39 is 23.8 Å². The second-order valence-corrected chi connectivity index (χ2v) is 13.0. The minimum atomic E-state index is -0.993. The third kappa shape index (κ3) is 6.46. The normalized spacial score (nSPS) is 32.4. The molecular formula is C33H46N2O6. The molecule has 41 heavy (non-hydrogen) atoms. The third-order valence-corrected chi connectivity index (χ3v) is 10.2. The first-order valence-electron chi connectivity index (χ1n) is 15.9. The molecule has 8 atom stereocenters. The van der Waals surface area contributed by atoms with Crippen molar-refractivity contribution in [3.63, 3.8) is 0 Å². The molecule has 4 aliphatic carbocycles. The lowest BCUT2D eigenvalue weighted by molar-refractivity contribution is -0.153. The molecule has 224 valence electrons. The van der Waals surface area contributed by atoms with E-state index in [2.05, 4.69) is 12.2 Å². The summed E-state index contributed by atoms with van der Waals surface area (Å²) < 4.78 is 10.0. The maximum Gasteiger partial charge on any atom is 0.397 e. The van der Waals surface area contributed by atoms with Gasteiger partial charge >= 0.3 is 23.8 Å². The second kappa shape index (κ2) is 13.0. The van der Waals surface area contributed by atoms with Crippen LogP contribution in [0.5, 0.6) is 0 Å². The molecule has 0 aliphatic heterocycles. The van der Waals surface area contributed by atoms with Gasteiger partial charge in [0, 0.05) is 6.04 Å². The number of hydrogen-bond acceptors (Lipinski definition) is 6. The molecule has 1 aromatic rings. The fourth-order valence-electron chi connectivity index (χ4n) is 9.21. The summed E-state index contributed by atoms with van der Waals surface area (Å²) in [7, 11) is 0. The van der Waals surface area contributed by atoms with Crippen LogP contribution in [-0.4, -0.2) is 43.0 Å². The molecule has 0 heterocycles. The van der Waals surface area contributed by atoms with Crippen molar-refractivity contribution in [2.75, 3.05) is 23.4 Å². The Labute approximate surface area is 243 Å². The molecular weight excluding hydrogens is 520 g/mol. The van der Waals surface area contributed by atoms with Crippen LogP contribution in [-0.2, 0) is 28.7 Å². The first-order chi connectivity index (χ1) is 19.8. The van der Waals surface area contributed by atoms with Crippen molar-refractivity contribution in [3.05, 3.63) is 24.3 Å². The largest absolute Gasteiger partial charge is 0.459 e. The number of nitrogens with zero attached hydrogens (tertiary/aromatic N) is 1. The lowest BCUT2D eigenvalue weighted by Gasteiger charge is -2.54. The average molecular weight is 567 g/mol. The van der Waals surface area contributed by atoms with Crippen LogP contribution in [0, 0.1) is 41.4 Å². The van der Waals surface area contributed by atoms with Gasteiger partial charge < -0.3 is 14.8 Å². The van der Waals surface area contributed by atoms with Gasteiger partial charge in [0.1, 0.15) is 0 Å². The standard InChI is InChI=1S/C33H46N2O6/c1-4-40-32(38)30(36)34-27-11-6-7-12-28(27)35(31(37)33(39)41-5-2)26-18-23-9-8-10-24(19-26)29(23)25-16-21-13-20(3)14-22(15-21)17-25/h6-7,11-12,20-26,29H,4-5,8-10,13-19H2,1-3H3,(H,34,36)/t20-,21-,22+,23-,24+,25+,26+,29+. The van der Waals surface area contributed by atoms with Gasteiger partial charge in [-0.2, -0.15) is 0 Å². The second-order valence-electron chi connectivity index (χ2n) is 13.0. The van der Waals surface area contributed by atoms with Crippen LogP contribution in [0.1, 0.15) is 85.0 Å². The van der Waals surface area contributed by atoms with Gasteiger partial charge in [-0.15, -0.1) is 0 Å². The number of fused-ring (bicyclic) bond motifs is 4. The van der Waals surface area contributed by atoms with E-state index in [1.807, 2.05) is 0 Å². The van der Waals surface area contributed by atoms with E-state index >= 15 is 0 Å². The molecule has 0 spiro atoms. The predicted molar refractivity (Wildman–Crippen MR) is 156 cm³/mol. The van der Waals surface area contributed by atoms with Crippen molar-refractivity contribution in [2.24, 2.45) is 41.4 Å². The number of para-hydroxylation sites is 2. The summed E-state index contributed by atoms with van der Waals surface area (Å²) in [6.45, 7) is 5.90. The number of hydrogen-bond donors (Lipinski definition) is 1. The fraction of sp³-hybridized carbons (Fsp3) is 0.697. The van der Waals surface area contributed by atoms with Crippen LogP contribution >= 0.6 is 0 Å². The number of esters is 2. The number of amides is 2. The predicted octanol–water partition coefficient (Wildman–Crippen LogP) is 5.74. The Bertz CT molecular complexity index is 1100. The van der Waals surface area contributed by atoms with Gasteiger partial charge in [-0.05, 0) is 112 Å². The summed E-state index contributed by atoms with van der Waals surface area (Å²) in [5.41, 5.74) is 0.704. The third-order valence-electron chi connectivity index (χ3n) is 10.2. The lowest BCUT2D eigenvalue weighted by atomic mass is 9.53. The molecule has 4 fully saturated rings. The van der Waals surface area contributed by atoms with Crippen LogP contribution in [0.3, 0.4) is 0 Å². The van der Waals surface area contributed by atoms with E-state index in [0.29, 0.717) is 29.1 Å². The van der Waals surface area contributed by atoms with E-state index in [-0.39, 0.29) is 19.3 Å². The molecule has 1 aromatic carbocycles. The van der Waals surface area contributed by atoms with Gasteiger partial charge in [-0.3, -0.25) is 14.5 Å². The van der Waals surface area contributed by atoms with E-state index in [1.54, 1.807) is 43.0 Å². The number of anilines is 2. The number of benzene rings is 1. The zero-order valence-electron chi connectivity index (χ0n) is 24.8. The molecule has 0 saturated heterocycles. The maximum atomic E-state index is 13.7. The smallest absolute Gasteiger partial charge is 0.397 e. The molecule has 0 unspecified atom stereocenters. The minimum Gasteiger partial charge on any atom is -0.459 e. The molecule has 4 aliphatic rings. The Hall–Kier alpha value is -2.90. The van der Waals surface area contributed by atoms with Crippen LogP contribution in [0.4, 0.5) is 11.4 Å². The van der Waals surface area contributed by atoms with Crippen molar-refractivity contribution in [1.29, 1.82) is 0 Å². The van der Waals surface area contributed by atoms with Gasteiger partial charge in [0.05, 0.1) is 24.6 Å². The molecule has 1 N–H and O–H groups in total. The van der Waals surface area contributed by atoms with Gasteiger partial charge in [-0.1, -0.05) is 38.3 Å². The SMILES string of the molecule is CCOC(=O)C(=O)Nc1ccccc1N(C(=O)C(=O)OCC)[C@H]1C[C@H]2CCC[C@@H](C1)[C@H]2[C@H]1C[C@@H]2C[C@@H](C)C[C@@H](C2)C1. The molecule has 8 nitrogen and oxygen atoms in total. The van der Waals surface area contributed by atoms with Crippen LogP contribution < -0.4 is 10.2 Å². The van der Waals surface area contributed by atoms with Crippen molar-refractivity contribution in [3.8, 4) is 0 Å². The number of carbonyl (C=O) groups excluding carboxylic acids is 4. The van der Waals surface area contributed by atoms with Crippen LogP contribution in [0.15, 0.2) is 24.3 Å². The van der Waals surface area contributed by atoms with Gasteiger partial charge in [0.25, 0.3) is 0 Å². The highest BCUT2D eigenvalue weighted by Crippen LogP contribution is 2.56. The van der Waals surface area contributed by atoms with Crippen molar-refractivity contribution >= 4 is 35.1 Å². The van der Waals surface area contributed by atoms with Gasteiger partial charge in [0.2, 0.25) is 0 Å². The van der Waals surface area contributed by atoms with E-state index in [9.17, 15) is 19.2 Å². The molecule has 5 rings (SSSR count). The maximum absolute atomic E-state index is 13.7. The molecule has 0 radical (unpaired) electrons. The number of nitrogens with one attached hydrogen (secondary N) is 1. The summed E-state index contributed by atoms with van der Waals surface area (Å²) in [6.07, 6.45) is 12.0. The summed E-state index contributed by atoms with van der Waals surface area (Å²) in [5, 5.41) is 2.62. The molecule has 8 heteroatoms. The highest BCUT2D eigenvalue weighted by atomic mass is 16.5. The monoisotopic (exact) mass is 566 g/mol. The van der Waals surface area contributed by atoms with Crippen molar-refractivity contribution in [2.45, 2.75) is 91.0 Å².